The molecule has 1 fully saturated rings. The van der Waals surface area contributed by atoms with E-state index in [9.17, 15) is 9.59 Å². The Balaban J connectivity index is 2.03. The summed E-state index contributed by atoms with van der Waals surface area (Å²) >= 11 is 0. The monoisotopic (exact) mass is 251 g/mol. The summed E-state index contributed by atoms with van der Waals surface area (Å²) < 4.78 is 6.74. The molecule has 0 bridgehead atoms. The second-order valence-corrected chi connectivity index (χ2v) is 4.66. The minimum absolute atomic E-state index is 0.0653. The molecule has 18 heavy (non-hydrogen) atoms. The predicted molar refractivity (Wildman–Crippen MR) is 66.3 cm³/mol. The second-order valence-electron chi connectivity index (χ2n) is 4.66. The summed E-state index contributed by atoms with van der Waals surface area (Å²) in [6, 6.07) is 0. The minimum Gasteiger partial charge on any atom is -0.378 e. The third-order valence-electron chi connectivity index (χ3n) is 3.46. The van der Waals surface area contributed by atoms with Crippen molar-refractivity contribution in [2.45, 2.75) is 31.3 Å². The highest BCUT2D eigenvalue weighted by molar-refractivity contribution is 5.90. The topological polar surface area (TPSA) is 73.2 Å². The fourth-order valence-corrected chi connectivity index (χ4v) is 2.08. The van der Waals surface area contributed by atoms with Gasteiger partial charge in [0, 0.05) is 26.6 Å². The first-order valence-corrected chi connectivity index (χ1v) is 5.93. The van der Waals surface area contributed by atoms with Gasteiger partial charge >= 0.3 is 0 Å². The zero-order chi connectivity index (χ0) is 13.2. The van der Waals surface area contributed by atoms with E-state index < -0.39 is 0 Å². The van der Waals surface area contributed by atoms with Crippen molar-refractivity contribution >= 4 is 11.7 Å². The van der Waals surface area contributed by atoms with Crippen LogP contribution >= 0.6 is 0 Å². The van der Waals surface area contributed by atoms with Gasteiger partial charge in [-0.15, -0.1) is 0 Å². The average Bonchev–Trinajstić information content (AvgIpc) is 2.30. The summed E-state index contributed by atoms with van der Waals surface area (Å²) in [7, 11) is 3.23. The van der Waals surface area contributed by atoms with Crippen molar-refractivity contribution in [3.63, 3.8) is 0 Å². The first kappa shape index (κ1) is 12.8. The van der Waals surface area contributed by atoms with Gasteiger partial charge in [-0.3, -0.25) is 9.59 Å². The Kier molecular flexibility index (Phi) is 3.47. The lowest BCUT2D eigenvalue weighted by Gasteiger charge is -2.39. The molecule has 6 nitrogen and oxygen atoms in total. The Morgan fingerprint density at radius 2 is 2.33 bits per heavy atom. The van der Waals surface area contributed by atoms with Crippen LogP contribution in [0.5, 0.6) is 0 Å². The number of nitrogens with one attached hydrogen (secondary N) is 1. The van der Waals surface area contributed by atoms with Crippen LogP contribution in [0.4, 0.5) is 5.82 Å². The molecule has 6 heteroatoms. The van der Waals surface area contributed by atoms with Crippen molar-refractivity contribution in [2.24, 2.45) is 7.05 Å². The number of aromatic nitrogens is 2. The van der Waals surface area contributed by atoms with E-state index in [1.807, 2.05) is 0 Å². The van der Waals surface area contributed by atoms with Crippen LogP contribution in [0.15, 0.2) is 17.2 Å². The summed E-state index contributed by atoms with van der Waals surface area (Å²) in [5.74, 6) is -0.164. The first-order chi connectivity index (χ1) is 8.56. The zero-order valence-electron chi connectivity index (χ0n) is 10.6. The van der Waals surface area contributed by atoms with E-state index in [-0.39, 0.29) is 29.3 Å². The number of ether oxygens (including phenoxy) is 1. The summed E-state index contributed by atoms with van der Waals surface area (Å²) in [4.78, 5) is 27.4. The fraction of sp³-hybridized carbons (Fsp3) is 0.583. The van der Waals surface area contributed by atoms with E-state index in [1.54, 1.807) is 20.4 Å². The second kappa shape index (κ2) is 4.89. The van der Waals surface area contributed by atoms with Gasteiger partial charge < -0.3 is 14.6 Å². The fourth-order valence-electron chi connectivity index (χ4n) is 2.08. The summed E-state index contributed by atoms with van der Waals surface area (Å²) in [5.41, 5.74) is -0.657. The molecule has 0 unspecified atom stereocenters. The molecule has 0 spiro atoms. The van der Waals surface area contributed by atoms with Gasteiger partial charge in [-0.05, 0) is 19.3 Å². The number of amides is 1. The Morgan fingerprint density at radius 3 is 2.89 bits per heavy atom. The molecule has 1 N–H and O–H groups in total. The smallest absolute Gasteiger partial charge is 0.293 e. The molecule has 1 aromatic heterocycles. The number of carbonyl (C=O) groups excluding carboxylic acids is 1. The van der Waals surface area contributed by atoms with Crippen molar-refractivity contribution < 1.29 is 9.53 Å². The molecule has 0 atom stereocenters. The van der Waals surface area contributed by atoms with Crippen molar-refractivity contribution in [1.29, 1.82) is 0 Å². The van der Waals surface area contributed by atoms with Crippen LogP contribution in [0.3, 0.4) is 0 Å². The van der Waals surface area contributed by atoms with Gasteiger partial charge in [-0.25, -0.2) is 4.98 Å². The Labute approximate surface area is 105 Å². The van der Waals surface area contributed by atoms with Crippen molar-refractivity contribution in [3.05, 3.63) is 22.7 Å². The van der Waals surface area contributed by atoms with Crippen molar-refractivity contribution in [3.8, 4) is 0 Å². The standard InChI is InChI=1S/C12H17N3O3/c1-15-7-6-13-10(11(15)17)14-9(16)8-12(18-2)4-3-5-12/h6-7H,3-5,8H2,1-2H3,(H,13,14,16). The molecule has 2 rings (SSSR count). The highest BCUT2D eigenvalue weighted by atomic mass is 16.5. The molecule has 1 saturated carbocycles. The highest BCUT2D eigenvalue weighted by Gasteiger charge is 2.39. The molecule has 0 aromatic carbocycles. The summed E-state index contributed by atoms with van der Waals surface area (Å²) in [6.45, 7) is 0. The van der Waals surface area contributed by atoms with Crippen LogP contribution in [0.1, 0.15) is 25.7 Å². The summed E-state index contributed by atoms with van der Waals surface area (Å²) in [5, 5.41) is 2.55. The minimum atomic E-state index is -0.343. The molecule has 1 amide bonds. The highest BCUT2D eigenvalue weighted by Crippen LogP contribution is 2.37. The SMILES string of the molecule is COC1(CC(=O)Nc2nccn(C)c2=O)CCC1. The van der Waals surface area contributed by atoms with Gasteiger partial charge in [-0.1, -0.05) is 0 Å². The number of hydrogen-bond acceptors (Lipinski definition) is 4. The maximum Gasteiger partial charge on any atom is 0.293 e. The molecule has 1 aromatic rings. The summed E-state index contributed by atoms with van der Waals surface area (Å²) in [6.07, 6.45) is 6.14. The van der Waals surface area contributed by atoms with Gasteiger partial charge in [0.25, 0.3) is 5.56 Å². The number of methoxy groups -OCH3 is 1. The molecule has 0 saturated heterocycles. The maximum absolute atomic E-state index is 11.9. The Morgan fingerprint density at radius 1 is 1.61 bits per heavy atom. The van der Waals surface area contributed by atoms with Gasteiger partial charge in [0.1, 0.15) is 0 Å². The van der Waals surface area contributed by atoms with Gasteiger partial charge in [0.15, 0.2) is 5.82 Å². The molecular formula is C12H17N3O3. The molecule has 0 aliphatic heterocycles. The Hall–Kier alpha value is -1.69. The van der Waals surface area contributed by atoms with E-state index in [4.69, 9.17) is 4.74 Å². The van der Waals surface area contributed by atoms with Gasteiger partial charge in [-0.2, -0.15) is 0 Å². The lowest BCUT2D eigenvalue weighted by Crippen LogP contribution is -2.42. The first-order valence-electron chi connectivity index (χ1n) is 5.93. The lowest BCUT2D eigenvalue weighted by molar-refractivity contribution is -0.129. The molecule has 1 aliphatic carbocycles. The van der Waals surface area contributed by atoms with E-state index in [0.717, 1.165) is 19.3 Å². The largest absolute Gasteiger partial charge is 0.378 e. The van der Waals surface area contributed by atoms with Crippen LogP contribution in [0, 0.1) is 0 Å². The molecule has 1 aliphatic rings. The average molecular weight is 251 g/mol. The van der Waals surface area contributed by atoms with Crippen LogP contribution in [0.25, 0.3) is 0 Å². The predicted octanol–water partition coefficient (Wildman–Crippen LogP) is 0.678. The number of nitrogens with zero attached hydrogens (tertiary/aromatic N) is 2. The van der Waals surface area contributed by atoms with E-state index >= 15 is 0 Å². The quantitative estimate of drug-likeness (QED) is 0.854. The normalized spacial score (nSPS) is 17.0. The van der Waals surface area contributed by atoms with Crippen molar-refractivity contribution in [1.82, 2.24) is 9.55 Å². The van der Waals surface area contributed by atoms with Crippen LogP contribution in [0.2, 0.25) is 0 Å². The van der Waals surface area contributed by atoms with Gasteiger partial charge in [0.2, 0.25) is 5.91 Å². The number of carbonyl (C=O) groups is 1. The number of hydrogen-bond donors (Lipinski definition) is 1. The van der Waals surface area contributed by atoms with Gasteiger partial charge in [0.05, 0.1) is 12.0 Å². The van der Waals surface area contributed by atoms with Crippen LogP contribution in [-0.2, 0) is 16.6 Å². The zero-order valence-corrected chi connectivity index (χ0v) is 10.6. The van der Waals surface area contributed by atoms with Crippen LogP contribution < -0.4 is 10.9 Å². The number of rotatable bonds is 4. The Bertz CT molecular complexity index is 500. The molecule has 1 heterocycles. The van der Waals surface area contributed by atoms with Crippen molar-refractivity contribution in [2.75, 3.05) is 12.4 Å². The third kappa shape index (κ3) is 2.43. The molecule has 0 radical (unpaired) electrons. The molecular weight excluding hydrogens is 234 g/mol. The van der Waals surface area contributed by atoms with E-state index in [0.29, 0.717) is 0 Å². The third-order valence-corrected chi connectivity index (χ3v) is 3.46. The van der Waals surface area contributed by atoms with Crippen LogP contribution in [-0.4, -0.2) is 28.2 Å². The lowest BCUT2D eigenvalue weighted by atomic mass is 9.77. The number of aryl methyl sites for hydroxylation is 1. The maximum atomic E-state index is 11.9. The van der Waals surface area contributed by atoms with E-state index in [2.05, 4.69) is 10.3 Å². The van der Waals surface area contributed by atoms with E-state index in [1.165, 1.54) is 10.8 Å². The number of anilines is 1. The molecule has 98 valence electrons.